The molecule has 0 radical (unpaired) electrons. The van der Waals surface area contributed by atoms with E-state index in [4.69, 9.17) is 0 Å². The fourth-order valence-corrected chi connectivity index (χ4v) is 3.73. The van der Waals surface area contributed by atoms with E-state index in [0.29, 0.717) is 18.2 Å². The standard InChI is InChI=1S/C18H23N3OS/c1-14-5-2-3-10-21(14)11-9-20-18(22)15-7-8-19-16(13-15)17-6-4-12-23-17/h4,6-8,12-14H,2-3,5,9-11H2,1H3,(H,20,22)/t14-/m1/s1. The molecule has 23 heavy (non-hydrogen) atoms. The van der Waals surface area contributed by atoms with Gasteiger partial charge in [0, 0.05) is 30.9 Å². The Morgan fingerprint density at radius 3 is 3.13 bits per heavy atom. The number of carbonyl (C=O) groups is 1. The van der Waals surface area contributed by atoms with Crippen LogP contribution in [-0.2, 0) is 0 Å². The van der Waals surface area contributed by atoms with Crippen LogP contribution in [0.15, 0.2) is 35.8 Å². The Morgan fingerprint density at radius 1 is 1.43 bits per heavy atom. The number of rotatable bonds is 5. The zero-order valence-electron chi connectivity index (χ0n) is 13.5. The summed E-state index contributed by atoms with van der Waals surface area (Å²) in [7, 11) is 0. The van der Waals surface area contributed by atoms with Crippen molar-refractivity contribution in [1.29, 1.82) is 0 Å². The summed E-state index contributed by atoms with van der Waals surface area (Å²) in [5.41, 5.74) is 1.53. The first-order valence-corrected chi connectivity index (χ1v) is 9.14. The van der Waals surface area contributed by atoms with Gasteiger partial charge < -0.3 is 5.32 Å². The maximum Gasteiger partial charge on any atom is 0.251 e. The van der Waals surface area contributed by atoms with E-state index in [0.717, 1.165) is 23.7 Å². The summed E-state index contributed by atoms with van der Waals surface area (Å²) in [5.74, 6) is -0.0186. The van der Waals surface area contributed by atoms with Gasteiger partial charge in [-0.1, -0.05) is 12.5 Å². The molecule has 1 aliphatic rings. The Labute approximate surface area is 141 Å². The smallest absolute Gasteiger partial charge is 0.251 e. The fourth-order valence-electron chi connectivity index (χ4n) is 3.04. The molecule has 1 aliphatic heterocycles. The normalized spacial score (nSPS) is 18.7. The zero-order valence-corrected chi connectivity index (χ0v) is 14.3. The molecule has 4 nitrogen and oxygen atoms in total. The first-order chi connectivity index (χ1) is 11.2. The Morgan fingerprint density at radius 2 is 2.35 bits per heavy atom. The fraction of sp³-hybridized carbons (Fsp3) is 0.444. The topological polar surface area (TPSA) is 45.2 Å². The van der Waals surface area contributed by atoms with Crippen molar-refractivity contribution in [3.05, 3.63) is 41.4 Å². The predicted octanol–water partition coefficient (Wildman–Crippen LogP) is 3.41. The number of thiophene rings is 1. The SMILES string of the molecule is C[C@@H]1CCCCN1CCNC(=O)c1ccnc(-c2cccs2)c1. The van der Waals surface area contributed by atoms with Gasteiger partial charge in [-0.15, -0.1) is 11.3 Å². The summed E-state index contributed by atoms with van der Waals surface area (Å²) >= 11 is 1.63. The largest absolute Gasteiger partial charge is 0.351 e. The van der Waals surface area contributed by atoms with Gasteiger partial charge in [0.2, 0.25) is 0 Å². The average Bonchev–Trinajstić information content (AvgIpc) is 3.11. The number of hydrogen-bond acceptors (Lipinski definition) is 4. The van der Waals surface area contributed by atoms with Crippen LogP contribution in [0.5, 0.6) is 0 Å². The van der Waals surface area contributed by atoms with Gasteiger partial charge in [-0.25, -0.2) is 0 Å². The lowest BCUT2D eigenvalue weighted by atomic mass is 10.0. The molecule has 0 unspecified atom stereocenters. The van der Waals surface area contributed by atoms with Gasteiger partial charge in [0.25, 0.3) is 5.91 Å². The lowest BCUT2D eigenvalue weighted by Gasteiger charge is -2.33. The quantitative estimate of drug-likeness (QED) is 0.914. The van der Waals surface area contributed by atoms with Gasteiger partial charge in [0.15, 0.2) is 0 Å². The van der Waals surface area contributed by atoms with Crippen molar-refractivity contribution in [3.63, 3.8) is 0 Å². The third-order valence-electron chi connectivity index (χ3n) is 4.42. The van der Waals surface area contributed by atoms with Crippen molar-refractivity contribution in [3.8, 4) is 10.6 Å². The van der Waals surface area contributed by atoms with Gasteiger partial charge in [-0.2, -0.15) is 0 Å². The van der Waals surface area contributed by atoms with Crippen LogP contribution in [0.3, 0.4) is 0 Å². The van der Waals surface area contributed by atoms with Crippen LogP contribution < -0.4 is 5.32 Å². The van der Waals surface area contributed by atoms with Gasteiger partial charge in [0.1, 0.15) is 0 Å². The first kappa shape index (κ1) is 16.1. The molecule has 1 fully saturated rings. The number of hydrogen-bond donors (Lipinski definition) is 1. The lowest BCUT2D eigenvalue weighted by Crippen LogP contribution is -2.42. The monoisotopic (exact) mass is 329 g/mol. The Balaban J connectivity index is 1.55. The number of amides is 1. The number of nitrogens with zero attached hydrogens (tertiary/aromatic N) is 2. The van der Waals surface area contributed by atoms with Crippen molar-refractivity contribution < 1.29 is 4.79 Å². The molecule has 2 aromatic heterocycles. The van der Waals surface area contributed by atoms with Crippen molar-refractivity contribution in [2.24, 2.45) is 0 Å². The Hall–Kier alpha value is -1.72. The summed E-state index contributed by atoms with van der Waals surface area (Å²) in [6.45, 7) is 5.04. The molecule has 5 heteroatoms. The van der Waals surface area contributed by atoms with Crippen LogP contribution in [0.1, 0.15) is 36.5 Å². The number of pyridine rings is 1. The summed E-state index contributed by atoms with van der Waals surface area (Å²) in [4.78, 5) is 20.2. The highest BCUT2D eigenvalue weighted by atomic mass is 32.1. The molecule has 3 rings (SSSR count). The van der Waals surface area contributed by atoms with Crippen LogP contribution in [0.4, 0.5) is 0 Å². The minimum Gasteiger partial charge on any atom is -0.351 e. The second-order valence-corrected chi connectivity index (χ2v) is 6.99. The molecule has 1 atom stereocenters. The highest BCUT2D eigenvalue weighted by molar-refractivity contribution is 7.13. The van der Waals surface area contributed by atoms with E-state index in [1.54, 1.807) is 23.6 Å². The average molecular weight is 329 g/mol. The van der Waals surface area contributed by atoms with Gasteiger partial charge in [0.05, 0.1) is 10.6 Å². The van der Waals surface area contributed by atoms with Crippen LogP contribution >= 0.6 is 11.3 Å². The molecule has 0 aliphatic carbocycles. The number of likely N-dealkylation sites (tertiary alicyclic amines) is 1. The van der Waals surface area contributed by atoms with E-state index in [1.165, 1.54) is 19.3 Å². The molecule has 1 amide bonds. The summed E-state index contributed by atoms with van der Waals surface area (Å²) in [6, 6.07) is 8.29. The van der Waals surface area contributed by atoms with E-state index >= 15 is 0 Å². The molecular weight excluding hydrogens is 306 g/mol. The zero-order chi connectivity index (χ0) is 16.1. The maximum absolute atomic E-state index is 12.3. The van der Waals surface area contributed by atoms with Crippen molar-refractivity contribution in [2.75, 3.05) is 19.6 Å². The van der Waals surface area contributed by atoms with E-state index in [-0.39, 0.29) is 5.91 Å². The number of nitrogens with one attached hydrogen (secondary N) is 1. The van der Waals surface area contributed by atoms with Crippen molar-refractivity contribution >= 4 is 17.2 Å². The molecule has 0 saturated carbocycles. The van der Waals surface area contributed by atoms with Gasteiger partial charge in [-0.3, -0.25) is 14.7 Å². The molecule has 2 aromatic rings. The van der Waals surface area contributed by atoms with Crippen LogP contribution in [0.2, 0.25) is 0 Å². The summed E-state index contributed by atoms with van der Waals surface area (Å²) < 4.78 is 0. The van der Waals surface area contributed by atoms with Crippen LogP contribution in [0, 0.1) is 0 Å². The van der Waals surface area contributed by atoms with E-state index in [2.05, 4.69) is 22.1 Å². The van der Waals surface area contributed by atoms with Crippen LogP contribution in [0.25, 0.3) is 10.6 Å². The van der Waals surface area contributed by atoms with Crippen LogP contribution in [-0.4, -0.2) is 41.5 Å². The highest BCUT2D eigenvalue weighted by Crippen LogP contribution is 2.23. The molecule has 122 valence electrons. The molecule has 1 saturated heterocycles. The highest BCUT2D eigenvalue weighted by Gasteiger charge is 2.17. The number of carbonyl (C=O) groups excluding carboxylic acids is 1. The second kappa shape index (κ2) is 7.70. The Bertz CT molecular complexity index is 641. The van der Waals surface area contributed by atoms with Crippen molar-refractivity contribution in [1.82, 2.24) is 15.2 Å². The van der Waals surface area contributed by atoms with Crippen molar-refractivity contribution in [2.45, 2.75) is 32.2 Å². The molecule has 1 N–H and O–H groups in total. The summed E-state index contributed by atoms with van der Waals surface area (Å²) in [6.07, 6.45) is 5.57. The third-order valence-corrected chi connectivity index (χ3v) is 5.31. The molecule has 0 spiro atoms. The van der Waals surface area contributed by atoms with Gasteiger partial charge >= 0.3 is 0 Å². The van der Waals surface area contributed by atoms with Gasteiger partial charge in [-0.05, 0) is 49.9 Å². The predicted molar refractivity (Wildman–Crippen MR) is 94.8 cm³/mol. The minimum absolute atomic E-state index is 0.0186. The first-order valence-electron chi connectivity index (χ1n) is 8.26. The third kappa shape index (κ3) is 4.18. The minimum atomic E-state index is -0.0186. The van der Waals surface area contributed by atoms with E-state index in [1.807, 2.05) is 23.6 Å². The number of piperidine rings is 1. The molecule has 0 aromatic carbocycles. The number of aromatic nitrogens is 1. The molecule has 0 bridgehead atoms. The van der Waals surface area contributed by atoms with E-state index < -0.39 is 0 Å². The second-order valence-electron chi connectivity index (χ2n) is 6.04. The Kier molecular flexibility index (Phi) is 5.41. The molecule has 3 heterocycles. The lowest BCUT2D eigenvalue weighted by molar-refractivity contribution is 0.0938. The summed E-state index contributed by atoms with van der Waals surface area (Å²) in [5, 5.41) is 5.05. The maximum atomic E-state index is 12.3. The van der Waals surface area contributed by atoms with E-state index in [9.17, 15) is 4.79 Å². The molecular formula is C18H23N3OS.